The first-order valence-corrected chi connectivity index (χ1v) is 13.4. The molecular formula is C26H31N3O5S. The number of rotatable bonds is 5. The van der Waals surface area contributed by atoms with E-state index in [1.54, 1.807) is 24.3 Å². The van der Waals surface area contributed by atoms with Gasteiger partial charge < -0.3 is 19.7 Å². The summed E-state index contributed by atoms with van der Waals surface area (Å²) in [4.78, 5) is 18.1. The molecule has 2 heterocycles. The fourth-order valence-electron chi connectivity index (χ4n) is 5.18. The van der Waals surface area contributed by atoms with E-state index in [1.807, 2.05) is 37.9 Å². The van der Waals surface area contributed by atoms with Gasteiger partial charge >= 0.3 is 0 Å². The molecule has 2 aliphatic rings. The maximum Gasteiger partial charge on any atom is 0.252 e. The number of aromatic nitrogens is 1. The van der Waals surface area contributed by atoms with Crippen LogP contribution in [0.5, 0.6) is 5.75 Å². The molecule has 8 nitrogen and oxygen atoms in total. The normalized spacial score (nSPS) is 20.3. The number of anilines is 1. The zero-order chi connectivity index (χ0) is 24.9. The van der Waals surface area contributed by atoms with Crippen LogP contribution in [-0.4, -0.2) is 55.2 Å². The third kappa shape index (κ3) is 4.22. The highest BCUT2D eigenvalue weighted by Crippen LogP contribution is 2.36. The van der Waals surface area contributed by atoms with E-state index < -0.39 is 22.2 Å². The first-order chi connectivity index (χ1) is 16.7. The molecule has 1 aliphatic heterocycles. The maximum absolute atomic E-state index is 14.0. The van der Waals surface area contributed by atoms with Gasteiger partial charge in [0.1, 0.15) is 12.4 Å². The Morgan fingerprint density at radius 3 is 2.66 bits per heavy atom. The molecule has 1 aromatic heterocycles. The molecule has 0 spiro atoms. The van der Waals surface area contributed by atoms with Crippen molar-refractivity contribution in [3.63, 3.8) is 0 Å². The van der Waals surface area contributed by atoms with Gasteiger partial charge in [-0.1, -0.05) is 12.1 Å². The number of benzene rings is 2. The number of nitrogens with zero attached hydrogens (tertiary/aromatic N) is 2. The summed E-state index contributed by atoms with van der Waals surface area (Å²) < 4.78 is 35.0. The van der Waals surface area contributed by atoms with Crippen LogP contribution in [0.3, 0.4) is 0 Å². The molecule has 9 heteroatoms. The Morgan fingerprint density at radius 2 is 1.91 bits per heavy atom. The van der Waals surface area contributed by atoms with Crippen molar-refractivity contribution >= 4 is 26.6 Å². The van der Waals surface area contributed by atoms with Gasteiger partial charge in [0.2, 0.25) is 10.0 Å². The number of aromatic amines is 1. The van der Waals surface area contributed by atoms with Gasteiger partial charge in [-0.05, 0) is 62.4 Å². The second kappa shape index (κ2) is 8.96. The Morgan fingerprint density at radius 1 is 1.14 bits per heavy atom. The van der Waals surface area contributed by atoms with Crippen molar-refractivity contribution in [2.45, 2.75) is 56.7 Å². The molecule has 35 heavy (non-hydrogen) atoms. The lowest BCUT2D eigenvalue weighted by Gasteiger charge is -2.31. The first-order valence-electron chi connectivity index (χ1n) is 12.0. The molecule has 1 fully saturated rings. The fourth-order valence-corrected chi connectivity index (χ4v) is 6.85. The van der Waals surface area contributed by atoms with Crippen molar-refractivity contribution in [1.29, 1.82) is 0 Å². The average molecular weight is 498 g/mol. The van der Waals surface area contributed by atoms with Crippen LogP contribution in [-0.2, 0) is 16.6 Å². The number of H-pyrrole nitrogens is 1. The van der Waals surface area contributed by atoms with Gasteiger partial charge in [0.15, 0.2) is 0 Å². The summed E-state index contributed by atoms with van der Waals surface area (Å²) in [5, 5.41) is 11.6. The van der Waals surface area contributed by atoms with Crippen molar-refractivity contribution in [1.82, 2.24) is 9.29 Å². The Kier molecular flexibility index (Phi) is 6.11. The Hall–Kier alpha value is -2.88. The summed E-state index contributed by atoms with van der Waals surface area (Å²) in [6.07, 6.45) is 1.01. The maximum atomic E-state index is 14.0. The van der Waals surface area contributed by atoms with E-state index in [4.69, 9.17) is 4.74 Å². The van der Waals surface area contributed by atoms with E-state index in [-0.39, 0.29) is 17.0 Å². The molecule has 3 aromatic rings. The van der Waals surface area contributed by atoms with E-state index in [2.05, 4.69) is 4.98 Å². The number of aryl methyl sites for hydroxylation is 2. The van der Waals surface area contributed by atoms with E-state index in [9.17, 15) is 18.3 Å². The molecule has 0 saturated heterocycles. The van der Waals surface area contributed by atoms with Gasteiger partial charge in [-0.3, -0.25) is 4.79 Å². The number of likely N-dealkylation sites (N-methyl/N-ethyl adjacent to an activating group) is 1. The van der Waals surface area contributed by atoms with Gasteiger partial charge in [0.05, 0.1) is 34.8 Å². The van der Waals surface area contributed by atoms with Gasteiger partial charge in [0.25, 0.3) is 5.56 Å². The van der Waals surface area contributed by atoms with Crippen molar-refractivity contribution in [2.24, 2.45) is 0 Å². The van der Waals surface area contributed by atoms with Gasteiger partial charge in [-0.15, -0.1) is 0 Å². The minimum atomic E-state index is -4.03. The van der Waals surface area contributed by atoms with Crippen LogP contribution in [0, 0.1) is 13.8 Å². The predicted molar refractivity (Wildman–Crippen MR) is 136 cm³/mol. The highest BCUT2D eigenvalue weighted by atomic mass is 32.2. The fraction of sp³-hybridized carbons (Fsp3) is 0.423. The second-order valence-corrected chi connectivity index (χ2v) is 11.5. The first kappa shape index (κ1) is 23.8. The molecule has 1 saturated carbocycles. The van der Waals surface area contributed by atoms with Crippen molar-refractivity contribution in [2.75, 3.05) is 25.1 Å². The van der Waals surface area contributed by atoms with Crippen molar-refractivity contribution in [3.05, 3.63) is 63.4 Å². The molecule has 0 radical (unpaired) electrons. The third-order valence-corrected chi connectivity index (χ3v) is 9.16. The SMILES string of the molecule is Cc1ccc(C)c2[nH]c(=O)c(CN([C@@H]3CCC[C@H]3O)S(=O)(=O)c3ccc4c(c3)OCCN4C)cc12. The lowest BCUT2D eigenvalue weighted by atomic mass is 10.0. The number of hydrogen-bond donors (Lipinski definition) is 2. The van der Waals surface area contributed by atoms with Crippen LogP contribution in [0.25, 0.3) is 10.9 Å². The van der Waals surface area contributed by atoms with E-state index in [0.717, 1.165) is 40.7 Å². The van der Waals surface area contributed by atoms with Gasteiger partial charge in [0, 0.05) is 30.6 Å². The lowest BCUT2D eigenvalue weighted by Crippen LogP contribution is -2.44. The minimum absolute atomic E-state index is 0.0925. The van der Waals surface area contributed by atoms with Crippen LogP contribution < -0.4 is 15.2 Å². The summed E-state index contributed by atoms with van der Waals surface area (Å²) in [7, 11) is -2.10. The van der Waals surface area contributed by atoms with Crippen LogP contribution >= 0.6 is 0 Å². The topological polar surface area (TPSA) is 103 Å². The number of aliphatic hydroxyl groups is 1. The summed E-state index contributed by atoms with van der Waals surface area (Å²) in [5.41, 5.74) is 3.56. The zero-order valence-corrected chi connectivity index (χ0v) is 21.1. The number of nitrogens with one attached hydrogen (secondary N) is 1. The molecule has 2 aromatic carbocycles. The number of ether oxygens (including phenoxy) is 1. The van der Waals surface area contributed by atoms with E-state index in [1.165, 1.54) is 4.31 Å². The average Bonchev–Trinajstić information content (AvgIpc) is 3.25. The predicted octanol–water partition coefficient (Wildman–Crippen LogP) is 3.08. The Balaban J connectivity index is 1.59. The highest BCUT2D eigenvalue weighted by Gasteiger charge is 2.39. The zero-order valence-electron chi connectivity index (χ0n) is 20.2. The number of sulfonamides is 1. The van der Waals surface area contributed by atoms with Crippen molar-refractivity contribution in [3.8, 4) is 5.75 Å². The molecule has 2 atom stereocenters. The molecule has 0 unspecified atom stereocenters. The quantitative estimate of drug-likeness (QED) is 0.562. The Bertz CT molecular complexity index is 1450. The summed E-state index contributed by atoms with van der Waals surface area (Å²) in [6, 6.07) is 9.99. The van der Waals surface area contributed by atoms with Crippen molar-refractivity contribution < 1.29 is 18.3 Å². The van der Waals surface area contributed by atoms with Crippen LogP contribution in [0.15, 0.2) is 46.1 Å². The number of pyridine rings is 1. The molecule has 1 aliphatic carbocycles. The molecule has 0 amide bonds. The number of hydrogen-bond acceptors (Lipinski definition) is 6. The number of fused-ring (bicyclic) bond motifs is 2. The lowest BCUT2D eigenvalue weighted by molar-refractivity contribution is 0.110. The molecule has 0 bridgehead atoms. The standard InChI is InChI=1S/C26H31N3O5S/c1-16-7-8-17(2)25-20(16)13-18(26(31)27-25)15-29(21-5-4-6-23(21)30)35(32,33)19-9-10-22-24(14-19)34-12-11-28(22)3/h7-10,13-14,21,23,30H,4-6,11-12,15H2,1-3H3,(H,27,31)/t21-,23-/m1/s1. The monoisotopic (exact) mass is 497 g/mol. The molecule has 5 rings (SSSR count). The Labute approximate surface area is 205 Å². The van der Waals surface area contributed by atoms with Crippen LogP contribution in [0.2, 0.25) is 0 Å². The van der Waals surface area contributed by atoms with Crippen LogP contribution in [0.1, 0.15) is 36.0 Å². The van der Waals surface area contributed by atoms with Crippen LogP contribution in [0.4, 0.5) is 5.69 Å². The largest absolute Gasteiger partial charge is 0.490 e. The highest BCUT2D eigenvalue weighted by molar-refractivity contribution is 7.89. The minimum Gasteiger partial charge on any atom is -0.490 e. The van der Waals surface area contributed by atoms with Gasteiger partial charge in [-0.2, -0.15) is 4.31 Å². The van der Waals surface area contributed by atoms with Gasteiger partial charge in [-0.25, -0.2) is 8.42 Å². The summed E-state index contributed by atoms with van der Waals surface area (Å²) >= 11 is 0. The summed E-state index contributed by atoms with van der Waals surface area (Å²) in [5.74, 6) is 0.515. The van der Waals surface area contributed by atoms with E-state index >= 15 is 0 Å². The number of aliphatic hydroxyl groups excluding tert-OH is 1. The second-order valence-electron chi connectivity index (χ2n) is 9.63. The summed E-state index contributed by atoms with van der Waals surface area (Å²) in [6.45, 7) is 4.97. The molecular weight excluding hydrogens is 466 g/mol. The third-order valence-electron chi connectivity index (χ3n) is 7.29. The molecule has 2 N–H and O–H groups in total. The smallest absolute Gasteiger partial charge is 0.252 e. The molecule has 186 valence electrons. The van der Waals surface area contributed by atoms with E-state index in [0.29, 0.717) is 30.8 Å².